The summed E-state index contributed by atoms with van der Waals surface area (Å²) in [5, 5.41) is 3.75. The monoisotopic (exact) mass is 490 g/mol. The van der Waals surface area contributed by atoms with E-state index in [1.54, 1.807) is 24.3 Å². The molecular weight excluding hydrogens is 467 g/mol. The third-order valence-electron chi connectivity index (χ3n) is 5.72. The lowest BCUT2D eigenvalue weighted by Crippen LogP contribution is -2.55. The minimum absolute atomic E-state index is 0.206. The zero-order valence-electron chi connectivity index (χ0n) is 18.3. The van der Waals surface area contributed by atoms with E-state index in [0.29, 0.717) is 24.2 Å². The summed E-state index contributed by atoms with van der Waals surface area (Å²) in [6.45, 7) is -1.26. The number of hydrogen-bond donors (Lipinski definition) is 2. The number of rotatable bonds is 6. The Hall–Kier alpha value is -3.25. The molecule has 0 spiro atoms. The Morgan fingerprint density at radius 3 is 2.21 bits per heavy atom. The Morgan fingerprint density at radius 2 is 1.65 bits per heavy atom. The zero-order valence-corrected chi connectivity index (χ0v) is 18.3. The van der Waals surface area contributed by atoms with Gasteiger partial charge in [0.2, 0.25) is 17.7 Å². The Bertz CT molecular complexity index is 996. The van der Waals surface area contributed by atoms with Gasteiger partial charge in [0.25, 0.3) is 5.91 Å². The molecule has 1 aliphatic carbocycles. The van der Waals surface area contributed by atoms with Crippen LogP contribution in [0, 0.1) is 11.8 Å². The van der Waals surface area contributed by atoms with Gasteiger partial charge >= 0.3 is 12.1 Å². The fraction of sp³-hybridized carbons (Fsp3) is 0.524. The smallest absolute Gasteiger partial charge is 0.349 e. The summed E-state index contributed by atoms with van der Waals surface area (Å²) in [6, 6.07) is 5.36. The highest BCUT2D eigenvalue weighted by molar-refractivity contribution is 6.09. The van der Waals surface area contributed by atoms with Crippen LogP contribution in [0.3, 0.4) is 0 Å². The molecule has 3 rings (SSSR count). The molecule has 1 aromatic rings. The lowest BCUT2D eigenvalue weighted by atomic mass is 10.1. The van der Waals surface area contributed by atoms with Crippen molar-refractivity contribution in [2.24, 2.45) is 11.8 Å². The molecular formula is C21H23F5N4O4. The average molecular weight is 490 g/mol. The van der Waals surface area contributed by atoms with Gasteiger partial charge in [-0.2, -0.15) is 22.0 Å². The molecule has 4 amide bonds. The second kappa shape index (κ2) is 9.18. The Labute approximate surface area is 191 Å². The van der Waals surface area contributed by atoms with Crippen LogP contribution in [0.2, 0.25) is 0 Å². The summed E-state index contributed by atoms with van der Waals surface area (Å²) >= 11 is 0. The molecule has 1 heterocycles. The maximum absolute atomic E-state index is 13.1. The van der Waals surface area contributed by atoms with E-state index in [0.717, 1.165) is 6.92 Å². The molecule has 2 N–H and O–H groups in total. The van der Waals surface area contributed by atoms with Crippen LogP contribution in [0.4, 0.5) is 33.3 Å². The van der Waals surface area contributed by atoms with E-state index in [1.165, 1.54) is 22.2 Å². The van der Waals surface area contributed by atoms with Crippen molar-refractivity contribution in [1.29, 1.82) is 0 Å². The summed E-state index contributed by atoms with van der Waals surface area (Å²) < 4.78 is 63.0. The first-order chi connectivity index (χ1) is 15.7. The highest BCUT2D eigenvalue weighted by Gasteiger charge is 2.57. The molecule has 1 aliphatic heterocycles. The van der Waals surface area contributed by atoms with E-state index in [9.17, 15) is 41.1 Å². The van der Waals surface area contributed by atoms with E-state index in [4.69, 9.17) is 0 Å². The van der Waals surface area contributed by atoms with Gasteiger partial charge in [-0.25, -0.2) is 0 Å². The number of anilines is 2. The number of alkyl halides is 5. The van der Waals surface area contributed by atoms with Gasteiger partial charge in [-0.1, -0.05) is 12.1 Å². The number of halogens is 5. The van der Waals surface area contributed by atoms with Crippen LogP contribution in [-0.4, -0.2) is 61.9 Å². The van der Waals surface area contributed by atoms with Crippen LogP contribution in [0.1, 0.15) is 19.8 Å². The van der Waals surface area contributed by atoms with Gasteiger partial charge in [0.1, 0.15) is 12.0 Å². The van der Waals surface area contributed by atoms with Gasteiger partial charge in [0.15, 0.2) is 0 Å². The predicted octanol–water partition coefficient (Wildman–Crippen LogP) is 1.84. The second-order valence-electron chi connectivity index (χ2n) is 8.31. The van der Waals surface area contributed by atoms with Crippen molar-refractivity contribution in [3.05, 3.63) is 24.3 Å². The number of hydrogen-bond acceptors (Lipinski definition) is 4. The van der Waals surface area contributed by atoms with Crippen LogP contribution < -0.4 is 20.4 Å². The number of benzene rings is 1. The number of amides is 4. The SMILES string of the molecule is CC(C(=O)NCC(F)(F)C(F)(F)F)C(=O)N[C@H]1CN(C(=O)C2CC2)c2ccccc2N(C)C1=O. The number of nitrogens with one attached hydrogen (secondary N) is 2. The number of para-hydroxylation sites is 2. The lowest BCUT2D eigenvalue weighted by Gasteiger charge is -2.26. The molecule has 8 nitrogen and oxygen atoms in total. The molecule has 186 valence electrons. The van der Waals surface area contributed by atoms with E-state index >= 15 is 0 Å². The van der Waals surface area contributed by atoms with Crippen molar-refractivity contribution in [1.82, 2.24) is 10.6 Å². The van der Waals surface area contributed by atoms with Gasteiger partial charge < -0.3 is 20.4 Å². The van der Waals surface area contributed by atoms with Crippen LogP contribution in [0.25, 0.3) is 0 Å². The summed E-state index contributed by atoms with van der Waals surface area (Å²) in [5.41, 5.74) is 0.894. The molecule has 0 radical (unpaired) electrons. The highest BCUT2D eigenvalue weighted by Crippen LogP contribution is 2.38. The van der Waals surface area contributed by atoms with Crippen LogP contribution >= 0.6 is 0 Å². The van der Waals surface area contributed by atoms with E-state index in [2.05, 4.69) is 5.32 Å². The standard InChI is InChI=1S/C21H23F5N4O4/c1-11(16(31)27-10-20(22,23)21(24,25)26)17(32)28-13-9-30(18(33)12-7-8-12)15-6-4-3-5-14(15)29(2)19(13)34/h3-6,11-13H,7-10H2,1-2H3,(H,27,31)(H,28,32)/t11?,13-/m0/s1. The molecule has 2 aliphatic rings. The normalized spacial score (nSPS) is 19.7. The van der Waals surface area contributed by atoms with Gasteiger partial charge in [0, 0.05) is 13.0 Å². The van der Waals surface area contributed by atoms with E-state index in [1.807, 2.05) is 0 Å². The van der Waals surface area contributed by atoms with Gasteiger partial charge in [0.05, 0.1) is 24.5 Å². The van der Waals surface area contributed by atoms with Crippen LogP contribution in [0.15, 0.2) is 24.3 Å². The number of carbonyl (C=O) groups excluding carboxylic acids is 4. The average Bonchev–Trinajstić information content (AvgIpc) is 3.63. The summed E-state index contributed by atoms with van der Waals surface area (Å²) in [7, 11) is 1.45. The molecule has 0 bridgehead atoms. The molecule has 1 aromatic carbocycles. The topological polar surface area (TPSA) is 98.8 Å². The third-order valence-corrected chi connectivity index (χ3v) is 5.72. The Balaban J connectivity index is 1.73. The van der Waals surface area contributed by atoms with Crippen molar-refractivity contribution in [2.45, 2.75) is 37.9 Å². The Kier molecular flexibility index (Phi) is 6.85. The number of likely N-dealkylation sites (N-methyl/N-ethyl adjacent to an activating group) is 1. The van der Waals surface area contributed by atoms with Crippen LogP contribution in [-0.2, 0) is 19.2 Å². The maximum atomic E-state index is 13.1. The molecule has 13 heteroatoms. The lowest BCUT2D eigenvalue weighted by molar-refractivity contribution is -0.278. The second-order valence-corrected chi connectivity index (χ2v) is 8.31. The third kappa shape index (κ3) is 5.12. The molecule has 0 saturated heterocycles. The van der Waals surface area contributed by atoms with Crippen molar-refractivity contribution in [2.75, 3.05) is 29.9 Å². The molecule has 34 heavy (non-hydrogen) atoms. The highest BCUT2D eigenvalue weighted by atomic mass is 19.4. The Morgan fingerprint density at radius 1 is 1.06 bits per heavy atom. The number of carbonyl (C=O) groups is 4. The largest absolute Gasteiger partial charge is 0.455 e. The fourth-order valence-corrected chi connectivity index (χ4v) is 3.42. The first-order valence-corrected chi connectivity index (χ1v) is 10.4. The van der Waals surface area contributed by atoms with Gasteiger partial charge in [-0.15, -0.1) is 0 Å². The van der Waals surface area contributed by atoms with Gasteiger partial charge in [-0.05, 0) is 31.9 Å². The minimum Gasteiger partial charge on any atom is -0.349 e. The summed E-state index contributed by atoms with van der Waals surface area (Å²) in [4.78, 5) is 53.1. The molecule has 1 fully saturated rings. The molecule has 1 saturated carbocycles. The molecule has 2 atom stereocenters. The van der Waals surface area contributed by atoms with E-state index in [-0.39, 0.29) is 18.4 Å². The fourth-order valence-electron chi connectivity index (χ4n) is 3.42. The first-order valence-electron chi connectivity index (χ1n) is 10.4. The number of nitrogens with zero attached hydrogens (tertiary/aromatic N) is 2. The zero-order chi connectivity index (χ0) is 25.4. The van der Waals surface area contributed by atoms with E-state index < -0.39 is 48.3 Å². The predicted molar refractivity (Wildman–Crippen MR) is 110 cm³/mol. The first kappa shape index (κ1) is 25.4. The van der Waals surface area contributed by atoms with Crippen molar-refractivity contribution >= 4 is 35.0 Å². The maximum Gasteiger partial charge on any atom is 0.455 e. The summed E-state index contributed by atoms with van der Waals surface area (Å²) in [6.07, 6.45) is -4.48. The molecule has 0 aromatic heterocycles. The van der Waals surface area contributed by atoms with Crippen LogP contribution in [0.5, 0.6) is 0 Å². The van der Waals surface area contributed by atoms with Crippen molar-refractivity contribution < 1.29 is 41.1 Å². The molecule has 1 unspecified atom stereocenters. The minimum atomic E-state index is -5.87. The van der Waals surface area contributed by atoms with Gasteiger partial charge in [-0.3, -0.25) is 19.2 Å². The summed E-state index contributed by atoms with van der Waals surface area (Å²) in [5.74, 6) is -10.3. The van der Waals surface area contributed by atoms with Crippen molar-refractivity contribution in [3.8, 4) is 0 Å². The van der Waals surface area contributed by atoms with Crippen molar-refractivity contribution in [3.63, 3.8) is 0 Å². The number of fused-ring (bicyclic) bond motifs is 1. The quantitative estimate of drug-likeness (QED) is 0.470.